The zero-order valence-corrected chi connectivity index (χ0v) is 14.4. The highest BCUT2D eigenvalue weighted by atomic mass is 16.2. The molecule has 1 atom stereocenters. The number of hydrogen-bond acceptors (Lipinski definition) is 5. The molecule has 2 saturated heterocycles. The third-order valence-corrected chi connectivity index (χ3v) is 5.48. The minimum atomic E-state index is -0.258. The zero-order valence-electron chi connectivity index (χ0n) is 14.4. The third kappa shape index (κ3) is 3.60. The molecule has 3 heterocycles. The van der Waals surface area contributed by atoms with E-state index < -0.39 is 0 Å². The topological polar surface area (TPSA) is 78.4 Å². The minimum Gasteiger partial charge on any atom is -0.355 e. The summed E-state index contributed by atoms with van der Waals surface area (Å²) in [5.41, 5.74) is 0. The molecule has 0 bridgehead atoms. The first-order valence-corrected chi connectivity index (χ1v) is 9.34. The molecule has 4 rings (SSSR count). The molecule has 0 spiro atoms. The van der Waals surface area contributed by atoms with Crippen molar-refractivity contribution in [1.82, 2.24) is 20.2 Å². The van der Waals surface area contributed by atoms with Crippen LogP contribution in [-0.2, 0) is 9.59 Å². The average Bonchev–Trinajstić information content (AvgIpc) is 3.33. The zero-order chi connectivity index (χ0) is 17.2. The van der Waals surface area contributed by atoms with Gasteiger partial charge in [-0.05, 0) is 38.5 Å². The van der Waals surface area contributed by atoms with Gasteiger partial charge in [-0.2, -0.15) is 0 Å². The van der Waals surface area contributed by atoms with Crippen LogP contribution in [0.2, 0.25) is 0 Å². The van der Waals surface area contributed by atoms with E-state index >= 15 is 0 Å². The van der Waals surface area contributed by atoms with Gasteiger partial charge in [0.05, 0.1) is 6.20 Å². The maximum Gasteiger partial charge on any atom is 0.243 e. The van der Waals surface area contributed by atoms with Crippen molar-refractivity contribution in [2.24, 2.45) is 5.92 Å². The summed E-state index contributed by atoms with van der Waals surface area (Å²) in [6, 6.07) is 0.0893. The van der Waals surface area contributed by atoms with E-state index in [-0.39, 0.29) is 23.8 Å². The highest BCUT2D eigenvalue weighted by Crippen LogP contribution is 2.27. The minimum absolute atomic E-state index is 0.0160. The van der Waals surface area contributed by atoms with Crippen molar-refractivity contribution >= 4 is 17.6 Å². The summed E-state index contributed by atoms with van der Waals surface area (Å²) in [5.74, 6) is 1.09. The number of hydrogen-bond donors (Lipinski definition) is 1. The van der Waals surface area contributed by atoms with Crippen molar-refractivity contribution in [2.75, 3.05) is 24.5 Å². The Kier molecular flexibility index (Phi) is 4.55. The Hall–Kier alpha value is -2.18. The van der Waals surface area contributed by atoms with Crippen LogP contribution in [0, 0.1) is 5.92 Å². The second-order valence-electron chi connectivity index (χ2n) is 7.30. The molecule has 1 N–H and O–H groups in total. The summed E-state index contributed by atoms with van der Waals surface area (Å²) >= 11 is 0. The summed E-state index contributed by atoms with van der Waals surface area (Å²) in [7, 11) is 0. The van der Waals surface area contributed by atoms with E-state index in [0.29, 0.717) is 12.6 Å². The molecule has 0 aromatic carbocycles. The van der Waals surface area contributed by atoms with E-state index in [1.165, 1.54) is 0 Å². The second-order valence-corrected chi connectivity index (χ2v) is 7.30. The van der Waals surface area contributed by atoms with Crippen molar-refractivity contribution in [2.45, 2.75) is 50.6 Å². The fourth-order valence-corrected chi connectivity index (χ4v) is 3.87. The van der Waals surface area contributed by atoms with Crippen LogP contribution in [0.4, 0.5) is 5.82 Å². The molecule has 0 radical (unpaired) electrons. The molecule has 2 amide bonds. The van der Waals surface area contributed by atoms with E-state index in [1.807, 2.05) is 4.90 Å². The van der Waals surface area contributed by atoms with Gasteiger partial charge in [0.2, 0.25) is 11.8 Å². The Labute approximate surface area is 147 Å². The largest absolute Gasteiger partial charge is 0.355 e. The highest BCUT2D eigenvalue weighted by molar-refractivity contribution is 5.89. The molecule has 3 aliphatic rings. The number of likely N-dealkylation sites (tertiary alicyclic amines) is 1. The Morgan fingerprint density at radius 2 is 1.84 bits per heavy atom. The summed E-state index contributed by atoms with van der Waals surface area (Å²) in [6.45, 7) is 2.33. The molecule has 3 fully saturated rings. The summed E-state index contributed by atoms with van der Waals surface area (Å²) in [4.78, 5) is 37.8. The molecule has 1 aromatic rings. The van der Waals surface area contributed by atoms with E-state index in [0.717, 1.165) is 57.4 Å². The Morgan fingerprint density at radius 3 is 2.52 bits per heavy atom. The normalized spacial score (nSPS) is 24.4. The standard InChI is InChI=1S/C18H25N5O2/c24-17(21-14-3-4-14)15-2-1-9-23(15)18(25)13-5-10-22(11-6-13)16-12-19-7-8-20-16/h7-8,12-15H,1-6,9-11H2,(H,21,24). The van der Waals surface area contributed by atoms with Gasteiger partial charge in [0.1, 0.15) is 11.9 Å². The lowest BCUT2D eigenvalue weighted by atomic mass is 9.95. The van der Waals surface area contributed by atoms with Gasteiger partial charge >= 0.3 is 0 Å². The Morgan fingerprint density at radius 1 is 1.04 bits per heavy atom. The van der Waals surface area contributed by atoms with Crippen molar-refractivity contribution in [3.63, 3.8) is 0 Å². The Bertz CT molecular complexity index is 626. The molecule has 1 saturated carbocycles. The second kappa shape index (κ2) is 6.98. The predicted octanol–water partition coefficient (Wildman–Crippen LogP) is 0.963. The summed E-state index contributed by atoms with van der Waals surface area (Å²) in [6.07, 6.45) is 10.6. The van der Waals surface area contributed by atoms with Crippen LogP contribution in [0.15, 0.2) is 18.6 Å². The van der Waals surface area contributed by atoms with Crippen LogP contribution in [-0.4, -0.2) is 58.4 Å². The van der Waals surface area contributed by atoms with E-state index in [4.69, 9.17) is 0 Å². The monoisotopic (exact) mass is 343 g/mol. The average molecular weight is 343 g/mol. The highest BCUT2D eigenvalue weighted by Gasteiger charge is 2.39. The van der Waals surface area contributed by atoms with E-state index in [2.05, 4.69) is 20.2 Å². The van der Waals surface area contributed by atoms with Gasteiger partial charge in [-0.3, -0.25) is 14.6 Å². The molecule has 134 valence electrons. The van der Waals surface area contributed by atoms with Crippen molar-refractivity contribution in [3.05, 3.63) is 18.6 Å². The molecular weight excluding hydrogens is 318 g/mol. The van der Waals surface area contributed by atoms with Crippen molar-refractivity contribution < 1.29 is 9.59 Å². The number of anilines is 1. The van der Waals surface area contributed by atoms with Crippen LogP contribution >= 0.6 is 0 Å². The van der Waals surface area contributed by atoms with Gasteiger partial charge in [-0.1, -0.05) is 0 Å². The molecule has 25 heavy (non-hydrogen) atoms. The number of carbonyl (C=O) groups is 2. The number of rotatable bonds is 4. The van der Waals surface area contributed by atoms with Crippen LogP contribution in [0.3, 0.4) is 0 Å². The maximum atomic E-state index is 13.0. The summed E-state index contributed by atoms with van der Waals surface area (Å²) < 4.78 is 0. The lowest BCUT2D eigenvalue weighted by Crippen LogP contribution is -2.50. The molecule has 2 aliphatic heterocycles. The van der Waals surface area contributed by atoms with Crippen LogP contribution in [0.1, 0.15) is 38.5 Å². The number of nitrogens with zero attached hydrogens (tertiary/aromatic N) is 4. The first-order valence-electron chi connectivity index (χ1n) is 9.34. The van der Waals surface area contributed by atoms with Gasteiger partial charge in [0.25, 0.3) is 0 Å². The SMILES string of the molecule is O=C(NC1CC1)C1CCCN1C(=O)C1CCN(c2cnccn2)CC1. The fraction of sp³-hybridized carbons (Fsp3) is 0.667. The number of carbonyl (C=O) groups excluding carboxylic acids is 2. The number of aromatic nitrogens is 2. The quantitative estimate of drug-likeness (QED) is 0.881. The van der Waals surface area contributed by atoms with Crippen LogP contribution in [0.25, 0.3) is 0 Å². The molecule has 1 unspecified atom stereocenters. The number of piperidine rings is 1. The number of nitrogens with one attached hydrogen (secondary N) is 1. The molecule has 7 nitrogen and oxygen atoms in total. The van der Waals surface area contributed by atoms with Gasteiger partial charge in [0.15, 0.2) is 0 Å². The van der Waals surface area contributed by atoms with Crippen LogP contribution < -0.4 is 10.2 Å². The Balaban J connectivity index is 1.34. The van der Waals surface area contributed by atoms with E-state index in [1.54, 1.807) is 18.6 Å². The first-order chi connectivity index (χ1) is 12.2. The van der Waals surface area contributed by atoms with Crippen molar-refractivity contribution in [3.8, 4) is 0 Å². The van der Waals surface area contributed by atoms with Crippen LogP contribution in [0.5, 0.6) is 0 Å². The molecule has 7 heteroatoms. The van der Waals surface area contributed by atoms with Gasteiger partial charge in [-0.25, -0.2) is 4.98 Å². The van der Waals surface area contributed by atoms with Gasteiger partial charge in [0, 0.05) is 44.0 Å². The van der Waals surface area contributed by atoms with Gasteiger partial charge < -0.3 is 15.1 Å². The lowest BCUT2D eigenvalue weighted by molar-refractivity contribution is -0.142. The third-order valence-electron chi connectivity index (χ3n) is 5.48. The number of amides is 2. The molecule has 1 aromatic heterocycles. The predicted molar refractivity (Wildman–Crippen MR) is 92.9 cm³/mol. The summed E-state index contributed by atoms with van der Waals surface area (Å²) in [5, 5.41) is 3.06. The van der Waals surface area contributed by atoms with Gasteiger partial charge in [-0.15, -0.1) is 0 Å². The fourth-order valence-electron chi connectivity index (χ4n) is 3.87. The molecule has 1 aliphatic carbocycles. The van der Waals surface area contributed by atoms with E-state index in [9.17, 15) is 9.59 Å². The lowest BCUT2D eigenvalue weighted by Gasteiger charge is -2.35. The first kappa shape index (κ1) is 16.3. The van der Waals surface area contributed by atoms with Crippen molar-refractivity contribution in [1.29, 1.82) is 0 Å². The smallest absolute Gasteiger partial charge is 0.243 e. The maximum absolute atomic E-state index is 13.0. The molecular formula is C18H25N5O2.